The van der Waals surface area contributed by atoms with Crippen molar-refractivity contribution in [3.63, 3.8) is 0 Å². The van der Waals surface area contributed by atoms with E-state index in [1.807, 2.05) is 20.8 Å². The standard InChI is InChI=1S/C12H17ClN2O3S/c1-12(2,3)14-11(16)9-7-8(5-6-10(9)13)15-19(4,17)18/h5-7,15H,1-4H3,(H,14,16). The minimum absolute atomic E-state index is 0.227. The third-order valence-electron chi connectivity index (χ3n) is 2.00. The molecule has 1 rings (SSSR count). The molecule has 0 aromatic heterocycles. The fraction of sp³-hybridized carbons (Fsp3) is 0.417. The lowest BCUT2D eigenvalue weighted by Crippen LogP contribution is -2.40. The summed E-state index contributed by atoms with van der Waals surface area (Å²) < 4.78 is 24.6. The van der Waals surface area contributed by atoms with Gasteiger partial charge in [0.1, 0.15) is 0 Å². The second kappa shape index (κ2) is 5.38. The minimum Gasteiger partial charge on any atom is -0.347 e. The van der Waals surface area contributed by atoms with E-state index in [1.54, 1.807) is 0 Å². The molecule has 106 valence electrons. The van der Waals surface area contributed by atoms with Crippen LogP contribution in [0.25, 0.3) is 0 Å². The number of anilines is 1. The molecule has 19 heavy (non-hydrogen) atoms. The monoisotopic (exact) mass is 304 g/mol. The molecular weight excluding hydrogens is 288 g/mol. The highest BCUT2D eigenvalue weighted by atomic mass is 35.5. The van der Waals surface area contributed by atoms with Gasteiger partial charge in [-0.25, -0.2) is 8.42 Å². The summed E-state index contributed by atoms with van der Waals surface area (Å²) in [5.74, 6) is -0.352. The van der Waals surface area contributed by atoms with Crippen molar-refractivity contribution in [3.05, 3.63) is 28.8 Å². The van der Waals surface area contributed by atoms with Gasteiger partial charge in [-0.05, 0) is 39.0 Å². The van der Waals surface area contributed by atoms with Crippen molar-refractivity contribution >= 4 is 33.2 Å². The van der Waals surface area contributed by atoms with Crippen LogP contribution in [0.1, 0.15) is 31.1 Å². The van der Waals surface area contributed by atoms with E-state index in [1.165, 1.54) is 18.2 Å². The maximum Gasteiger partial charge on any atom is 0.253 e. The van der Waals surface area contributed by atoms with E-state index in [4.69, 9.17) is 11.6 Å². The molecule has 0 heterocycles. The normalized spacial score (nSPS) is 12.1. The van der Waals surface area contributed by atoms with Crippen LogP contribution >= 0.6 is 11.6 Å². The number of nitrogens with one attached hydrogen (secondary N) is 2. The van der Waals surface area contributed by atoms with Gasteiger partial charge < -0.3 is 5.32 Å². The minimum atomic E-state index is -3.39. The number of hydrogen-bond donors (Lipinski definition) is 2. The number of rotatable bonds is 3. The smallest absolute Gasteiger partial charge is 0.253 e. The van der Waals surface area contributed by atoms with Crippen LogP contribution in [0.5, 0.6) is 0 Å². The summed E-state index contributed by atoms with van der Waals surface area (Å²) in [6.45, 7) is 5.53. The Kier molecular flexibility index (Phi) is 4.47. The number of carbonyl (C=O) groups excluding carboxylic acids is 1. The Morgan fingerprint density at radius 1 is 1.26 bits per heavy atom. The molecule has 1 amide bonds. The summed E-state index contributed by atoms with van der Waals surface area (Å²) >= 11 is 5.95. The van der Waals surface area contributed by atoms with Crippen molar-refractivity contribution in [1.82, 2.24) is 5.32 Å². The topological polar surface area (TPSA) is 75.3 Å². The predicted molar refractivity (Wildman–Crippen MR) is 77.1 cm³/mol. The summed E-state index contributed by atoms with van der Waals surface area (Å²) in [7, 11) is -3.39. The van der Waals surface area contributed by atoms with Crippen molar-refractivity contribution in [2.75, 3.05) is 11.0 Å². The van der Waals surface area contributed by atoms with Crippen LogP contribution in [0.3, 0.4) is 0 Å². The van der Waals surface area contributed by atoms with Gasteiger partial charge in [0.2, 0.25) is 10.0 Å². The van der Waals surface area contributed by atoms with Crippen LogP contribution in [0.4, 0.5) is 5.69 Å². The molecule has 0 spiro atoms. The van der Waals surface area contributed by atoms with Crippen molar-refractivity contribution < 1.29 is 13.2 Å². The molecule has 5 nitrogen and oxygen atoms in total. The lowest BCUT2D eigenvalue weighted by molar-refractivity contribution is 0.0919. The Bertz CT molecular complexity index is 591. The molecule has 0 atom stereocenters. The first-order chi connectivity index (χ1) is 8.48. The maximum absolute atomic E-state index is 12.0. The molecule has 0 aliphatic rings. The lowest BCUT2D eigenvalue weighted by Gasteiger charge is -2.21. The van der Waals surface area contributed by atoms with E-state index >= 15 is 0 Å². The van der Waals surface area contributed by atoms with Crippen molar-refractivity contribution in [2.45, 2.75) is 26.3 Å². The molecule has 0 saturated carbocycles. The Labute approximate surface area is 118 Å². The SMILES string of the molecule is CC(C)(C)NC(=O)c1cc(NS(C)(=O)=O)ccc1Cl. The largest absolute Gasteiger partial charge is 0.347 e. The molecule has 0 bridgehead atoms. The average Bonchev–Trinajstić information content (AvgIpc) is 2.16. The molecule has 0 aliphatic heterocycles. The third kappa shape index (κ3) is 5.48. The van der Waals surface area contributed by atoms with E-state index in [0.717, 1.165) is 6.26 Å². The third-order valence-corrected chi connectivity index (χ3v) is 2.94. The zero-order valence-corrected chi connectivity index (χ0v) is 12.8. The van der Waals surface area contributed by atoms with Gasteiger partial charge in [0.15, 0.2) is 0 Å². The Morgan fingerprint density at radius 2 is 1.84 bits per heavy atom. The summed E-state index contributed by atoms with van der Waals surface area (Å²) in [6.07, 6.45) is 1.04. The molecule has 1 aromatic carbocycles. The molecule has 1 aromatic rings. The van der Waals surface area contributed by atoms with Crippen LogP contribution in [0, 0.1) is 0 Å². The number of benzene rings is 1. The molecular formula is C12H17ClN2O3S. The second-order valence-electron chi connectivity index (χ2n) is 5.27. The first-order valence-corrected chi connectivity index (χ1v) is 7.85. The molecule has 7 heteroatoms. The maximum atomic E-state index is 12.0. The highest BCUT2D eigenvalue weighted by molar-refractivity contribution is 7.92. The summed E-state index contributed by atoms with van der Waals surface area (Å²) in [6, 6.07) is 4.38. The highest BCUT2D eigenvalue weighted by Crippen LogP contribution is 2.21. The number of amides is 1. The summed E-state index contributed by atoms with van der Waals surface area (Å²) in [5, 5.41) is 3.03. The second-order valence-corrected chi connectivity index (χ2v) is 7.43. The average molecular weight is 305 g/mol. The van der Waals surface area contributed by atoms with E-state index in [9.17, 15) is 13.2 Å². The van der Waals surface area contributed by atoms with E-state index in [0.29, 0.717) is 5.69 Å². The fourth-order valence-electron chi connectivity index (χ4n) is 1.38. The summed E-state index contributed by atoms with van der Waals surface area (Å²) in [5.41, 5.74) is 0.122. The van der Waals surface area contributed by atoms with Crippen LogP contribution in [0.15, 0.2) is 18.2 Å². The molecule has 0 saturated heterocycles. The van der Waals surface area contributed by atoms with E-state index in [2.05, 4.69) is 10.0 Å². The summed E-state index contributed by atoms with van der Waals surface area (Å²) in [4.78, 5) is 12.0. The number of hydrogen-bond acceptors (Lipinski definition) is 3. The van der Waals surface area contributed by atoms with Gasteiger partial charge in [0, 0.05) is 11.2 Å². The van der Waals surface area contributed by atoms with Crippen molar-refractivity contribution in [3.8, 4) is 0 Å². The van der Waals surface area contributed by atoms with Crippen LogP contribution in [-0.4, -0.2) is 26.1 Å². The quantitative estimate of drug-likeness (QED) is 0.899. The van der Waals surface area contributed by atoms with Crippen LogP contribution < -0.4 is 10.0 Å². The van der Waals surface area contributed by atoms with Gasteiger partial charge in [0.05, 0.1) is 16.8 Å². The zero-order chi connectivity index (χ0) is 14.8. The van der Waals surface area contributed by atoms with Gasteiger partial charge in [-0.3, -0.25) is 9.52 Å². The predicted octanol–water partition coefficient (Wildman–Crippen LogP) is 2.24. The molecule has 0 aliphatic carbocycles. The van der Waals surface area contributed by atoms with Gasteiger partial charge in [0.25, 0.3) is 5.91 Å². The Balaban J connectivity index is 3.07. The highest BCUT2D eigenvalue weighted by Gasteiger charge is 2.18. The van der Waals surface area contributed by atoms with Gasteiger partial charge >= 0.3 is 0 Å². The number of halogens is 1. The zero-order valence-electron chi connectivity index (χ0n) is 11.2. The van der Waals surface area contributed by atoms with Crippen molar-refractivity contribution in [2.24, 2.45) is 0 Å². The Morgan fingerprint density at radius 3 is 2.32 bits per heavy atom. The van der Waals surface area contributed by atoms with Crippen LogP contribution in [0.2, 0.25) is 5.02 Å². The van der Waals surface area contributed by atoms with Gasteiger partial charge in [-0.15, -0.1) is 0 Å². The number of carbonyl (C=O) groups is 1. The number of sulfonamides is 1. The van der Waals surface area contributed by atoms with E-state index in [-0.39, 0.29) is 16.5 Å². The Hall–Kier alpha value is -1.27. The first kappa shape index (κ1) is 15.8. The lowest BCUT2D eigenvalue weighted by atomic mass is 10.1. The molecule has 0 unspecified atom stereocenters. The van der Waals surface area contributed by atoms with Crippen molar-refractivity contribution in [1.29, 1.82) is 0 Å². The first-order valence-electron chi connectivity index (χ1n) is 5.58. The molecule has 0 fully saturated rings. The van der Waals surface area contributed by atoms with Gasteiger partial charge in [-0.1, -0.05) is 11.6 Å². The fourth-order valence-corrected chi connectivity index (χ4v) is 2.14. The molecule has 2 N–H and O–H groups in total. The van der Waals surface area contributed by atoms with Gasteiger partial charge in [-0.2, -0.15) is 0 Å². The van der Waals surface area contributed by atoms with Crippen LogP contribution in [-0.2, 0) is 10.0 Å². The van der Waals surface area contributed by atoms with E-state index < -0.39 is 15.6 Å². The molecule has 0 radical (unpaired) electrons.